The highest BCUT2D eigenvalue weighted by molar-refractivity contribution is 5.75. The first-order chi connectivity index (χ1) is 11.2. The number of aryl methyl sites for hydroxylation is 1. The van der Waals surface area contributed by atoms with E-state index >= 15 is 0 Å². The number of carboxylic acids is 1. The molecule has 0 saturated carbocycles. The van der Waals surface area contributed by atoms with Gasteiger partial charge in [-0.1, -0.05) is 24.3 Å². The molecule has 3 aromatic rings. The topological polar surface area (TPSA) is 64.3 Å². The van der Waals surface area contributed by atoms with Crippen LogP contribution in [0.1, 0.15) is 18.3 Å². The number of ether oxygens (including phenoxy) is 1. The van der Waals surface area contributed by atoms with Gasteiger partial charge in [-0.25, -0.2) is 4.98 Å². The summed E-state index contributed by atoms with van der Waals surface area (Å²) in [5.74, 6) is 0.743. The number of rotatable bonds is 6. The lowest BCUT2D eigenvalue weighted by Gasteiger charge is -2.08. The summed E-state index contributed by atoms with van der Waals surface area (Å²) in [6.07, 6.45) is 0.0198. The van der Waals surface area contributed by atoms with Crippen molar-refractivity contribution in [2.75, 3.05) is 0 Å². The fourth-order valence-corrected chi connectivity index (χ4v) is 2.61. The van der Waals surface area contributed by atoms with Crippen molar-refractivity contribution in [3.63, 3.8) is 0 Å². The summed E-state index contributed by atoms with van der Waals surface area (Å²) in [7, 11) is 0. The number of hydrogen-bond donors (Lipinski definition) is 1. The Morgan fingerprint density at radius 1 is 1.17 bits per heavy atom. The molecular formula is C18H18N2O3. The molecular weight excluding hydrogens is 292 g/mol. The molecule has 5 nitrogen and oxygen atoms in total. The summed E-state index contributed by atoms with van der Waals surface area (Å²) in [6, 6.07) is 15.1. The highest BCUT2D eigenvalue weighted by atomic mass is 16.5. The monoisotopic (exact) mass is 310 g/mol. The van der Waals surface area contributed by atoms with Gasteiger partial charge in [-0.2, -0.15) is 0 Å². The second-order valence-electron chi connectivity index (χ2n) is 5.26. The highest BCUT2D eigenvalue weighted by Gasteiger charge is 2.09. The van der Waals surface area contributed by atoms with E-state index in [4.69, 9.17) is 9.84 Å². The van der Waals surface area contributed by atoms with E-state index in [9.17, 15) is 4.79 Å². The normalized spacial score (nSPS) is 10.8. The van der Waals surface area contributed by atoms with Crippen LogP contribution >= 0.6 is 0 Å². The van der Waals surface area contributed by atoms with E-state index in [-0.39, 0.29) is 6.42 Å². The number of nitrogens with zero attached hydrogens (tertiary/aromatic N) is 2. The summed E-state index contributed by atoms with van der Waals surface area (Å²) < 4.78 is 7.93. The van der Waals surface area contributed by atoms with Gasteiger partial charge in [0.25, 0.3) is 0 Å². The molecule has 0 fully saturated rings. The SMILES string of the molecule is CCn1c(COc2ccc(CC(=O)O)cc2)nc2ccccc21. The Kier molecular flexibility index (Phi) is 4.28. The molecule has 0 aliphatic carbocycles. The third-order valence-electron chi connectivity index (χ3n) is 3.70. The van der Waals surface area contributed by atoms with Gasteiger partial charge >= 0.3 is 5.97 Å². The number of para-hydroxylation sites is 2. The average Bonchev–Trinajstić information content (AvgIpc) is 2.91. The molecule has 23 heavy (non-hydrogen) atoms. The van der Waals surface area contributed by atoms with Gasteiger partial charge in [-0.05, 0) is 36.8 Å². The summed E-state index contributed by atoms with van der Waals surface area (Å²) in [4.78, 5) is 15.3. The van der Waals surface area contributed by atoms with Gasteiger partial charge in [0.15, 0.2) is 0 Å². The number of fused-ring (bicyclic) bond motifs is 1. The van der Waals surface area contributed by atoms with Crippen molar-refractivity contribution in [2.45, 2.75) is 26.5 Å². The van der Waals surface area contributed by atoms with Crippen LogP contribution in [0.4, 0.5) is 0 Å². The molecule has 118 valence electrons. The molecule has 0 spiro atoms. The van der Waals surface area contributed by atoms with E-state index in [1.165, 1.54) is 0 Å². The van der Waals surface area contributed by atoms with Crippen molar-refractivity contribution in [3.05, 3.63) is 59.9 Å². The average molecular weight is 310 g/mol. The molecule has 1 N–H and O–H groups in total. The van der Waals surface area contributed by atoms with E-state index in [1.807, 2.05) is 18.2 Å². The molecule has 0 bridgehead atoms. The maximum atomic E-state index is 10.7. The van der Waals surface area contributed by atoms with Gasteiger partial charge in [-0.3, -0.25) is 4.79 Å². The van der Waals surface area contributed by atoms with Crippen LogP contribution in [0.3, 0.4) is 0 Å². The fraction of sp³-hybridized carbons (Fsp3) is 0.222. The number of aliphatic carboxylic acids is 1. The lowest BCUT2D eigenvalue weighted by atomic mass is 10.1. The molecule has 0 aliphatic heterocycles. The molecule has 0 aliphatic rings. The lowest BCUT2D eigenvalue weighted by molar-refractivity contribution is -0.136. The maximum absolute atomic E-state index is 10.7. The zero-order chi connectivity index (χ0) is 16.2. The second-order valence-corrected chi connectivity index (χ2v) is 5.26. The van der Waals surface area contributed by atoms with Crippen LogP contribution in [-0.2, 0) is 24.4 Å². The third kappa shape index (κ3) is 3.34. The van der Waals surface area contributed by atoms with Gasteiger partial charge in [0, 0.05) is 6.54 Å². The molecule has 5 heteroatoms. The Morgan fingerprint density at radius 2 is 1.91 bits per heavy atom. The molecule has 1 aromatic heterocycles. The lowest BCUT2D eigenvalue weighted by Crippen LogP contribution is -2.06. The molecule has 0 saturated heterocycles. The van der Waals surface area contributed by atoms with E-state index < -0.39 is 5.97 Å². The Bertz CT molecular complexity index is 822. The third-order valence-corrected chi connectivity index (χ3v) is 3.70. The molecule has 0 atom stereocenters. The van der Waals surface area contributed by atoms with Gasteiger partial charge in [0.05, 0.1) is 17.5 Å². The van der Waals surface area contributed by atoms with E-state index in [2.05, 4.69) is 22.5 Å². The number of imidazole rings is 1. The van der Waals surface area contributed by atoms with Crippen LogP contribution in [-0.4, -0.2) is 20.6 Å². The van der Waals surface area contributed by atoms with Crippen molar-refractivity contribution in [2.24, 2.45) is 0 Å². The summed E-state index contributed by atoms with van der Waals surface area (Å²) in [5.41, 5.74) is 2.82. The van der Waals surface area contributed by atoms with Crippen molar-refractivity contribution in [3.8, 4) is 5.75 Å². The van der Waals surface area contributed by atoms with Crippen LogP contribution in [0.25, 0.3) is 11.0 Å². The summed E-state index contributed by atoms with van der Waals surface area (Å²) in [6.45, 7) is 3.29. The summed E-state index contributed by atoms with van der Waals surface area (Å²) in [5, 5.41) is 8.77. The number of carboxylic acid groups (broad SMARTS) is 1. The number of carbonyl (C=O) groups is 1. The Morgan fingerprint density at radius 3 is 2.61 bits per heavy atom. The quantitative estimate of drug-likeness (QED) is 0.759. The molecule has 1 heterocycles. The molecule has 0 amide bonds. The number of aromatic nitrogens is 2. The predicted octanol–water partition coefficient (Wildman–Crippen LogP) is 3.26. The van der Waals surface area contributed by atoms with Gasteiger partial charge in [0.2, 0.25) is 0 Å². The molecule has 2 aromatic carbocycles. The minimum absolute atomic E-state index is 0.0198. The molecule has 3 rings (SSSR count). The van der Waals surface area contributed by atoms with Crippen molar-refractivity contribution >= 4 is 17.0 Å². The van der Waals surface area contributed by atoms with Gasteiger partial charge in [0.1, 0.15) is 18.2 Å². The zero-order valence-electron chi connectivity index (χ0n) is 12.9. The minimum atomic E-state index is -0.838. The minimum Gasteiger partial charge on any atom is -0.486 e. The Labute approximate surface area is 134 Å². The largest absolute Gasteiger partial charge is 0.486 e. The number of benzene rings is 2. The molecule has 0 radical (unpaired) electrons. The van der Waals surface area contributed by atoms with E-state index in [0.29, 0.717) is 12.4 Å². The first-order valence-electron chi connectivity index (χ1n) is 7.55. The van der Waals surface area contributed by atoms with Crippen LogP contribution in [0.2, 0.25) is 0 Å². The maximum Gasteiger partial charge on any atom is 0.307 e. The molecule has 0 unspecified atom stereocenters. The smallest absolute Gasteiger partial charge is 0.307 e. The predicted molar refractivity (Wildman–Crippen MR) is 87.5 cm³/mol. The first kappa shape index (κ1) is 15.1. The Hall–Kier alpha value is -2.82. The van der Waals surface area contributed by atoms with Crippen molar-refractivity contribution < 1.29 is 14.6 Å². The standard InChI is InChI=1S/C18H18N2O3/c1-2-20-16-6-4-3-5-15(16)19-17(20)12-23-14-9-7-13(8-10-14)11-18(21)22/h3-10H,2,11-12H2,1H3,(H,21,22). The first-order valence-corrected chi connectivity index (χ1v) is 7.55. The van der Waals surface area contributed by atoms with E-state index in [0.717, 1.165) is 29.0 Å². The van der Waals surface area contributed by atoms with E-state index in [1.54, 1.807) is 24.3 Å². The Balaban J connectivity index is 1.74. The van der Waals surface area contributed by atoms with Gasteiger partial charge in [-0.15, -0.1) is 0 Å². The van der Waals surface area contributed by atoms with Crippen LogP contribution in [0.15, 0.2) is 48.5 Å². The van der Waals surface area contributed by atoms with Gasteiger partial charge < -0.3 is 14.4 Å². The van der Waals surface area contributed by atoms with Crippen LogP contribution in [0, 0.1) is 0 Å². The second kappa shape index (κ2) is 6.52. The summed E-state index contributed by atoms with van der Waals surface area (Å²) >= 11 is 0. The van der Waals surface area contributed by atoms with Crippen molar-refractivity contribution in [1.82, 2.24) is 9.55 Å². The van der Waals surface area contributed by atoms with Crippen molar-refractivity contribution in [1.29, 1.82) is 0 Å². The highest BCUT2D eigenvalue weighted by Crippen LogP contribution is 2.18. The number of hydrogen-bond acceptors (Lipinski definition) is 3. The zero-order valence-corrected chi connectivity index (χ0v) is 12.9. The van der Waals surface area contributed by atoms with Crippen LogP contribution < -0.4 is 4.74 Å². The fourth-order valence-electron chi connectivity index (χ4n) is 2.61. The van der Waals surface area contributed by atoms with Crippen LogP contribution in [0.5, 0.6) is 5.75 Å².